The summed E-state index contributed by atoms with van der Waals surface area (Å²) >= 11 is 5.78. The molecule has 0 heterocycles. The molecule has 0 radical (unpaired) electrons. The lowest BCUT2D eigenvalue weighted by molar-refractivity contribution is -0.121. The van der Waals surface area contributed by atoms with Gasteiger partial charge in [0.25, 0.3) is 0 Å². The summed E-state index contributed by atoms with van der Waals surface area (Å²) in [7, 11) is 0. The first kappa shape index (κ1) is 16.2. The molecule has 2 rings (SSSR count). The first-order valence-corrected chi connectivity index (χ1v) is 7.62. The third-order valence-corrected chi connectivity index (χ3v) is 3.58. The Morgan fingerprint density at radius 2 is 1.59 bits per heavy atom. The molecule has 0 aliphatic carbocycles. The number of nitrogens with one attached hydrogen (secondary N) is 1. The van der Waals surface area contributed by atoms with Crippen molar-refractivity contribution >= 4 is 23.3 Å². The predicted molar refractivity (Wildman–Crippen MR) is 88.2 cm³/mol. The van der Waals surface area contributed by atoms with Crippen molar-refractivity contribution in [3.05, 3.63) is 70.7 Å². The molecule has 0 saturated heterocycles. The molecule has 0 aromatic heterocycles. The topological polar surface area (TPSA) is 46.2 Å². The first-order chi connectivity index (χ1) is 10.6. The van der Waals surface area contributed by atoms with E-state index in [1.165, 1.54) is 5.56 Å². The molecule has 114 valence electrons. The summed E-state index contributed by atoms with van der Waals surface area (Å²) in [5, 5.41) is 3.43. The SMILES string of the molecule is O=C(CCC(=O)c1ccc(Cl)cc1)NCCc1ccccc1. The van der Waals surface area contributed by atoms with E-state index in [2.05, 4.69) is 5.32 Å². The van der Waals surface area contributed by atoms with Gasteiger partial charge in [0.1, 0.15) is 0 Å². The van der Waals surface area contributed by atoms with Crippen LogP contribution in [0.5, 0.6) is 0 Å². The summed E-state index contributed by atoms with van der Waals surface area (Å²) in [5.41, 5.74) is 1.77. The Bertz CT molecular complexity index is 623. The van der Waals surface area contributed by atoms with Crippen LogP contribution in [0.25, 0.3) is 0 Å². The third-order valence-electron chi connectivity index (χ3n) is 3.32. The normalized spacial score (nSPS) is 10.2. The smallest absolute Gasteiger partial charge is 0.220 e. The van der Waals surface area contributed by atoms with Crippen LogP contribution in [0.1, 0.15) is 28.8 Å². The highest BCUT2D eigenvalue weighted by Gasteiger charge is 2.09. The van der Waals surface area contributed by atoms with Crippen LogP contribution < -0.4 is 5.32 Å². The van der Waals surface area contributed by atoms with Crippen LogP contribution in [0.15, 0.2) is 54.6 Å². The van der Waals surface area contributed by atoms with E-state index < -0.39 is 0 Å². The number of ketones is 1. The van der Waals surface area contributed by atoms with E-state index in [1.807, 2.05) is 30.3 Å². The van der Waals surface area contributed by atoms with E-state index in [0.29, 0.717) is 17.1 Å². The van der Waals surface area contributed by atoms with Gasteiger partial charge in [-0.15, -0.1) is 0 Å². The fourth-order valence-electron chi connectivity index (χ4n) is 2.09. The van der Waals surface area contributed by atoms with E-state index in [1.54, 1.807) is 24.3 Å². The van der Waals surface area contributed by atoms with Gasteiger partial charge in [-0.3, -0.25) is 9.59 Å². The van der Waals surface area contributed by atoms with E-state index in [0.717, 1.165) is 6.42 Å². The fraction of sp³-hybridized carbons (Fsp3) is 0.222. The molecule has 2 aromatic carbocycles. The molecule has 1 N–H and O–H groups in total. The van der Waals surface area contributed by atoms with Gasteiger partial charge in [0.05, 0.1) is 0 Å². The number of amides is 1. The second-order valence-corrected chi connectivity index (χ2v) is 5.45. The summed E-state index contributed by atoms with van der Waals surface area (Å²) in [6, 6.07) is 16.7. The largest absolute Gasteiger partial charge is 0.356 e. The van der Waals surface area contributed by atoms with Crippen LogP contribution in [0.4, 0.5) is 0 Å². The second-order valence-electron chi connectivity index (χ2n) is 5.02. The van der Waals surface area contributed by atoms with Gasteiger partial charge in [-0.25, -0.2) is 0 Å². The minimum Gasteiger partial charge on any atom is -0.356 e. The van der Waals surface area contributed by atoms with Gasteiger partial charge in [0.15, 0.2) is 5.78 Å². The zero-order valence-electron chi connectivity index (χ0n) is 12.2. The molecular weight excluding hydrogens is 298 g/mol. The van der Waals surface area contributed by atoms with E-state index in [9.17, 15) is 9.59 Å². The molecule has 4 heteroatoms. The van der Waals surface area contributed by atoms with Crippen LogP contribution >= 0.6 is 11.6 Å². The summed E-state index contributed by atoms with van der Waals surface area (Å²) in [5.74, 6) is -0.145. The number of halogens is 1. The van der Waals surface area contributed by atoms with Gasteiger partial charge in [-0.2, -0.15) is 0 Å². The lowest BCUT2D eigenvalue weighted by Crippen LogP contribution is -2.26. The summed E-state index contributed by atoms with van der Waals surface area (Å²) in [4.78, 5) is 23.7. The van der Waals surface area contributed by atoms with Gasteiger partial charge in [-0.1, -0.05) is 41.9 Å². The molecule has 1 amide bonds. The van der Waals surface area contributed by atoms with E-state index in [4.69, 9.17) is 11.6 Å². The minimum absolute atomic E-state index is 0.0464. The molecule has 2 aromatic rings. The van der Waals surface area contributed by atoms with Crippen LogP contribution in [0.3, 0.4) is 0 Å². The van der Waals surface area contributed by atoms with Crippen molar-refractivity contribution in [3.63, 3.8) is 0 Å². The molecule has 3 nitrogen and oxygen atoms in total. The van der Waals surface area contributed by atoms with Crippen molar-refractivity contribution in [2.75, 3.05) is 6.54 Å². The van der Waals surface area contributed by atoms with Crippen LogP contribution in [-0.2, 0) is 11.2 Å². The number of hydrogen-bond acceptors (Lipinski definition) is 2. The van der Waals surface area contributed by atoms with Gasteiger partial charge in [0.2, 0.25) is 5.91 Å². The standard InChI is InChI=1S/C18H18ClNO2/c19-16-8-6-15(7-9-16)17(21)10-11-18(22)20-13-12-14-4-2-1-3-5-14/h1-9H,10-13H2,(H,20,22). The van der Waals surface area contributed by atoms with Gasteiger partial charge < -0.3 is 5.32 Å². The number of hydrogen-bond donors (Lipinski definition) is 1. The Labute approximate surface area is 135 Å². The lowest BCUT2D eigenvalue weighted by atomic mass is 10.1. The van der Waals surface area contributed by atoms with Crippen LogP contribution in [0.2, 0.25) is 5.02 Å². The molecule has 22 heavy (non-hydrogen) atoms. The van der Waals surface area contributed by atoms with Gasteiger partial charge in [-0.05, 0) is 36.2 Å². The van der Waals surface area contributed by atoms with Crippen molar-refractivity contribution in [1.82, 2.24) is 5.32 Å². The molecule has 0 aliphatic heterocycles. The maximum atomic E-state index is 11.9. The van der Waals surface area contributed by atoms with Crippen molar-refractivity contribution in [2.24, 2.45) is 0 Å². The average Bonchev–Trinajstić information content (AvgIpc) is 2.54. The molecule has 0 saturated carbocycles. The Hall–Kier alpha value is -2.13. The molecule has 0 spiro atoms. The average molecular weight is 316 g/mol. The molecular formula is C18H18ClNO2. The highest BCUT2D eigenvalue weighted by Crippen LogP contribution is 2.11. The van der Waals surface area contributed by atoms with E-state index in [-0.39, 0.29) is 24.5 Å². The minimum atomic E-state index is -0.0988. The van der Waals surface area contributed by atoms with Crippen LogP contribution in [-0.4, -0.2) is 18.2 Å². The number of carbonyl (C=O) groups excluding carboxylic acids is 2. The zero-order valence-corrected chi connectivity index (χ0v) is 13.0. The number of rotatable bonds is 7. The van der Waals surface area contributed by atoms with Crippen molar-refractivity contribution in [1.29, 1.82) is 0 Å². The van der Waals surface area contributed by atoms with Crippen LogP contribution in [0, 0.1) is 0 Å². The number of benzene rings is 2. The Morgan fingerprint density at radius 3 is 2.27 bits per heavy atom. The maximum absolute atomic E-state index is 11.9. The summed E-state index contributed by atoms with van der Waals surface area (Å²) in [6.07, 6.45) is 1.20. The van der Waals surface area contributed by atoms with Gasteiger partial charge in [0, 0.05) is 30.0 Å². The first-order valence-electron chi connectivity index (χ1n) is 7.24. The molecule has 0 aliphatic rings. The Balaban J connectivity index is 1.69. The highest BCUT2D eigenvalue weighted by molar-refractivity contribution is 6.30. The second kappa shape index (κ2) is 8.35. The maximum Gasteiger partial charge on any atom is 0.220 e. The van der Waals surface area contributed by atoms with Gasteiger partial charge >= 0.3 is 0 Å². The Morgan fingerprint density at radius 1 is 0.909 bits per heavy atom. The summed E-state index contributed by atoms with van der Waals surface area (Å²) < 4.78 is 0. The monoisotopic (exact) mass is 315 g/mol. The molecule has 0 unspecified atom stereocenters. The third kappa shape index (κ3) is 5.34. The molecule has 0 fully saturated rings. The predicted octanol–water partition coefficient (Wildman–Crippen LogP) is 3.66. The van der Waals surface area contributed by atoms with E-state index >= 15 is 0 Å². The lowest BCUT2D eigenvalue weighted by Gasteiger charge is -2.05. The highest BCUT2D eigenvalue weighted by atomic mass is 35.5. The van der Waals surface area contributed by atoms with Crippen molar-refractivity contribution in [2.45, 2.75) is 19.3 Å². The molecule has 0 atom stereocenters. The summed E-state index contributed by atoms with van der Waals surface area (Å²) in [6.45, 7) is 0.581. The quantitative estimate of drug-likeness (QED) is 0.793. The number of Topliss-reactive ketones (excluding diaryl/α,β-unsaturated/α-hetero) is 1. The van der Waals surface area contributed by atoms with Crippen molar-refractivity contribution in [3.8, 4) is 0 Å². The fourth-order valence-corrected chi connectivity index (χ4v) is 2.21. The molecule has 0 bridgehead atoms. The number of carbonyl (C=O) groups is 2. The zero-order chi connectivity index (χ0) is 15.8. The Kier molecular flexibility index (Phi) is 6.16. The van der Waals surface area contributed by atoms with Crippen molar-refractivity contribution < 1.29 is 9.59 Å².